The van der Waals surface area contributed by atoms with Gasteiger partial charge in [-0.1, -0.05) is 79.7 Å². The van der Waals surface area contributed by atoms with Crippen molar-refractivity contribution in [1.82, 2.24) is 9.78 Å². The topological polar surface area (TPSA) is 27.1 Å². The van der Waals surface area contributed by atoms with E-state index in [1.54, 1.807) is 4.68 Å². The van der Waals surface area contributed by atoms with Gasteiger partial charge in [0.25, 0.3) is 0 Å². The van der Waals surface area contributed by atoms with Crippen molar-refractivity contribution in [3.63, 3.8) is 0 Å². The molecule has 0 N–H and O–H groups in total. The highest BCUT2D eigenvalue weighted by atomic mass is 19.1. The maximum atomic E-state index is 15.3. The number of fused-ring (bicyclic) bond motifs is 1. The third-order valence-corrected chi connectivity index (χ3v) is 7.68. The fourth-order valence-corrected chi connectivity index (χ4v) is 5.56. The van der Waals surface area contributed by atoms with E-state index < -0.39 is 5.95 Å². The van der Waals surface area contributed by atoms with Crippen LogP contribution in [0.1, 0.15) is 67.0 Å². The minimum Gasteiger partial charge on any atom is -0.356 e. The van der Waals surface area contributed by atoms with Crippen LogP contribution in [-0.4, -0.2) is 16.4 Å². The first kappa shape index (κ1) is 22.9. The Morgan fingerprint density at radius 1 is 0.889 bits per heavy atom. The summed E-state index contributed by atoms with van der Waals surface area (Å²) in [5.41, 5.74) is 7.77. The lowest BCUT2D eigenvalue weighted by molar-refractivity contribution is -0.0375. The summed E-state index contributed by atoms with van der Waals surface area (Å²) < 4.78 is 22.9. The Balaban J connectivity index is 1.56. The Kier molecular flexibility index (Phi) is 6.28. The second-order valence-electron chi connectivity index (χ2n) is 9.90. The SMILES string of the molecule is C=Cc1ccc(/C(=C(\c2ccccc2)C2CCC2)c2ccc3c(c2)c(F)nn3C2CCCCO2)cc1. The van der Waals surface area contributed by atoms with Gasteiger partial charge >= 0.3 is 0 Å². The maximum Gasteiger partial charge on any atom is 0.240 e. The van der Waals surface area contributed by atoms with Gasteiger partial charge in [-0.15, -0.1) is 5.10 Å². The molecular formula is C32H31FN2O. The average molecular weight is 479 g/mol. The van der Waals surface area contributed by atoms with Crippen LogP contribution in [0.3, 0.4) is 0 Å². The zero-order valence-electron chi connectivity index (χ0n) is 20.5. The molecule has 1 aromatic heterocycles. The van der Waals surface area contributed by atoms with E-state index in [0.29, 0.717) is 17.9 Å². The summed E-state index contributed by atoms with van der Waals surface area (Å²) in [6, 6.07) is 25.3. The van der Waals surface area contributed by atoms with E-state index in [-0.39, 0.29) is 6.23 Å². The lowest BCUT2D eigenvalue weighted by Gasteiger charge is -2.31. The molecule has 2 fully saturated rings. The van der Waals surface area contributed by atoms with Crippen LogP contribution in [0, 0.1) is 11.9 Å². The van der Waals surface area contributed by atoms with E-state index in [1.165, 1.54) is 36.0 Å². The number of hydrogen-bond acceptors (Lipinski definition) is 2. The van der Waals surface area contributed by atoms with Crippen molar-refractivity contribution in [2.75, 3.05) is 6.61 Å². The molecule has 2 aliphatic rings. The van der Waals surface area contributed by atoms with Gasteiger partial charge in [0.2, 0.25) is 5.95 Å². The van der Waals surface area contributed by atoms with Crippen molar-refractivity contribution in [2.45, 2.75) is 44.8 Å². The molecule has 6 rings (SSSR count). The minimum atomic E-state index is -0.438. The number of ether oxygens (including phenoxy) is 1. The first-order chi connectivity index (χ1) is 17.7. The molecule has 182 valence electrons. The van der Waals surface area contributed by atoms with Crippen molar-refractivity contribution in [3.8, 4) is 0 Å². The summed E-state index contributed by atoms with van der Waals surface area (Å²) >= 11 is 0. The molecule has 1 saturated carbocycles. The smallest absolute Gasteiger partial charge is 0.240 e. The lowest BCUT2D eigenvalue weighted by Crippen LogP contribution is -2.19. The highest BCUT2D eigenvalue weighted by Crippen LogP contribution is 2.45. The van der Waals surface area contributed by atoms with E-state index in [4.69, 9.17) is 4.74 Å². The molecule has 0 amide bonds. The number of rotatable bonds is 6. The number of hydrogen-bond donors (Lipinski definition) is 0. The molecule has 3 nitrogen and oxygen atoms in total. The number of aromatic nitrogens is 2. The van der Waals surface area contributed by atoms with Crippen LogP contribution in [0.5, 0.6) is 0 Å². The molecular weight excluding hydrogens is 447 g/mol. The zero-order valence-corrected chi connectivity index (χ0v) is 20.5. The van der Waals surface area contributed by atoms with Gasteiger partial charge in [-0.2, -0.15) is 4.39 Å². The van der Waals surface area contributed by atoms with Crippen LogP contribution in [0.2, 0.25) is 0 Å². The number of nitrogens with zero attached hydrogens (tertiary/aromatic N) is 2. The number of allylic oxidation sites excluding steroid dienone is 1. The fraction of sp³-hybridized carbons (Fsp3) is 0.281. The summed E-state index contributed by atoms with van der Waals surface area (Å²) in [5, 5.41) is 4.82. The largest absolute Gasteiger partial charge is 0.356 e. The van der Waals surface area contributed by atoms with Gasteiger partial charge in [-0.05, 0) is 83.6 Å². The molecule has 4 aromatic rings. The van der Waals surface area contributed by atoms with Crippen LogP contribution >= 0.6 is 0 Å². The molecule has 0 radical (unpaired) electrons. The first-order valence-electron chi connectivity index (χ1n) is 13.0. The van der Waals surface area contributed by atoms with Gasteiger partial charge in [0.15, 0.2) is 6.23 Å². The Bertz CT molecular complexity index is 1410. The van der Waals surface area contributed by atoms with Crippen LogP contribution < -0.4 is 0 Å². The molecule has 36 heavy (non-hydrogen) atoms. The summed E-state index contributed by atoms with van der Waals surface area (Å²) in [6.07, 6.45) is 8.22. The van der Waals surface area contributed by atoms with Crippen molar-refractivity contribution >= 4 is 28.1 Å². The zero-order chi connectivity index (χ0) is 24.5. The van der Waals surface area contributed by atoms with Gasteiger partial charge in [-0.3, -0.25) is 0 Å². The maximum absolute atomic E-state index is 15.3. The molecule has 1 saturated heterocycles. The summed E-state index contributed by atoms with van der Waals surface area (Å²) in [6.45, 7) is 4.60. The molecule has 3 aromatic carbocycles. The molecule has 1 aliphatic carbocycles. The van der Waals surface area contributed by atoms with Crippen LogP contribution in [0.15, 0.2) is 79.4 Å². The van der Waals surface area contributed by atoms with E-state index >= 15 is 4.39 Å². The average Bonchev–Trinajstić information content (AvgIpc) is 3.24. The molecule has 1 aliphatic heterocycles. The Morgan fingerprint density at radius 2 is 1.67 bits per heavy atom. The molecule has 0 spiro atoms. The van der Waals surface area contributed by atoms with Crippen LogP contribution in [0.4, 0.5) is 4.39 Å². The van der Waals surface area contributed by atoms with Crippen molar-refractivity contribution in [1.29, 1.82) is 0 Å². The second-order valence-corrected chi connectivity index (χ2v) is 9.90. The molecule has 1 unspecified atom stereocenters. The van der Waals surface area contributed by atoms with Crippen molar-refractivity contribution < 1.29 is 9.13 Å². The molecule has 4 heteroatoms. The Morgan fingerprint density at radius 3 is 2.33 bits per heavy atom. The summed E-state index contributed by atoms with van der Waals surface area (Å²) in [7, 11) is 0. The third kappa shape index (κ3) is 4.20. The normalized spacial score (nSPS) is 19.1. The van der Waals surface area contributed by atoms with Crippen LogP contribution in [0.25, 0.3) is 28.1 Å². The number of benzene rings is 3. The predicted octanol–water partition coefficient (Wildman–Crippen LogP) is 8.28. The van der Waals surface area contributed by atoms with Gasteiger partial charge in [0, 0.05) is 6.61 Å². The second kappa shape index (κ2) is 9.87. The number of halogens is 1. The van der Waals surface area contributed by atoms with Crippen molar-refractivity contribution in [3.05, 3.63) is 108 Å². The van der Waals surface area contributed by atoms with Gasteiger partial charge < -0.3 is 4.74 Å². The van der Waals surface area contributed by atoms with Gasteiger partial charge in [0.05, 0.1) is 10.9 Å². The van der Waals surface area contributed by atoms with Gasteiger partial charge in [0.1, 0.15) is 0 Å². The third-order valence-electron chi connectivity index (χ3n) is 7.68. The standard InChI is InChI=1S/C32H31FN2O/c1-2-22-14-16-25(17-15-22)31(30(24-11-8-12-24)23-9-4-3-5-10-23)26-18-19-28-27(21-26)32(33)34-35(28)29-13-6-7-20-36-29/h2-5,9-10,14-19,21,24,29H,1,6-8,11-13,20H2/b31-30-. The van der Waals surface area contributed by atoms with E-state index in [2.05, 4.69) is 72.3 Å². The fourth-order valence-electron chi connectivity index (χ4n) is 5.56. The first-order valence-corrected chi connectivity index (χ1v) is 13.0. The lowest BCUT2D eigenvalue weighted by atomic mass is 9.73. The van der Waals surface area contributed by atoms with Crippen molar-refractivity contribution in [2.24, 2.45) is 5.92 Å². The minimum absolute atomic E-state index is 0.201. The highest BCUT2D eigenvalue weighted by molar-refractivity contribution is 6.01. The molecule has 0 bridgehead atoms. The van der Waals surface area contributed by atoms with Gasteiger partial charge in [-0.25, -0.2) is 4.68 Å². The Labute approximate surface area is 211 Å². The molecule has 2 heterocycles. The Hall–Kier alpha value is -3.50. The van der Waals surface area contributed by atoms with Crippen LogP contribution in [-0.2, 0) is 4.74 Å². The van der Waals surface area contributed by atoms with E-state index in [1.807, 2.05) is 18.2 Å². The quantitative estimate of drug-likeness (QED) is 0.261. The summed E-state index contributed by atoms with van der Waals surface area (Å²) in [5.74, 6) is 0.0488. The summed E-state index contributed by atoms with van der Waals surface area (Å²) in [4.78, 5) is 0. The predicted molar refractivity (Wildman–Crippen MR) is 145 cm³/mol. The monoisotopic (exact) mass is 478 g/mol. The highest BCUT2D eigenvalue weighted by Gasteiger charge is 2.28. The van der Waals surface area contributed by atoms with E-state index in [0.717, 1.165) is 41.5 Å². The molecule has 1 atom stereocenters. The van der Waals surface area contributed by atoms with E-state index in [9.17, 15) is 0 Å².